The van der Waals surface area contributed by atoms with Gasteiger partial charge in [0.2, 0.25) is 0 Å². The summed E-state index contributed by atoms with van der Waals surface area (Å²) < 4.78 is 5.67. The predicted octanol–water partition coefficient (Wildman–Crippen LogP) is 8.56. The molecular weight excluding hydrogens is 380 g/mol. The van der Waals surface area contributed by atoms with Crippen LogP contribution in [0.4, 0.5) is 0 Å². The summed E-state index contributed by atoms with van der Waals surface area (Å²) >= 11 is 0. The molecule has 0 bridgehead atoms. The van der Waals surface area contributed by atoms with E-state index in [2.05, 4.69) is 90.0 Å². The molecule has 0 N–H and O–H groups in total. The Labute approximate surface area is 188 Å². The molecule has 0 saturated carbocycles. The maximum absolute atomic E-state index is 5.67. The lowest BCUT2D eigenvalue weighted by atomic mass is 10.0. The standard InChI is InChI=1S/C28H46OSi/c1-24(16-11-9-10-14-23-30(6,7)8)17-12-13-18-25(2)19-15-20-26(3)21-22-27-28(4,5)29-27/h9-10,17-18,20,27H,11-13,15-16,19,21-22H2,1-8H3/b10-9+,24-17+,25-18+,26-20+. The van der Waals surface area contributed by atoms with E-state index in [4.69, 9.17) is 4.74 Å². The van der Waals surface area contributed by atoms with Gasteiger partial charge >= 0.3 is 0 Å². The van der Waals surface area contributed by atoms with E-state index in [9.17, 15) is 0 Å². The largest absolute Gasteiger partial charge is 0.367 e. The molecule has 168 valence electrons. The van der Waals surface area contributed by atoms with E-state index in [1.807, 2.05) is 6.08 Å². The molecule has 0 aromatic carbocycles. The first kappa shape index (κ1) is 26.7. The molecule has 0 amide bonds. The van der Waals surface area contributed by atoms with E-state index in [1.54, 1.807) is 0 Å². The van der Waals surface area contributed by atoms with Gasteiger partial charge in [0, 0.05) is 0 Å². The highest BCUT2D eigenvalue weighted by Crippen LogP contribution is 2.38. The maximum atomic E-state index is 5.67. The van der Waals surface area contributed by atoms with Crippen LogP contribution in [0, 0.1) is 11.5 Å². The van der Waals surface area contributed by atoms with Crippen LogP contribution in [-0.4, -0.2) is 19.8 Å². The Bertz CT molecular complexity index is 701. The molecule has 1 aliphatic rings. The van der Waals surface area contributed by atoms with Crippen LogP contribution in [0.2, 0.25) is 19.6 Å². The van der Waals surface area contributed by atoms with Crippen molar-refractivity contribution in [2.45, 2.75) is 117 Å². The molecular formula is C28H46OSi. The van der Waals surface area contributed by atoms with Crippen molar-refractivity contribution in [1.82, 2.24) is 0 Å². The molecule has 0 aromatic heterocycles. The van der Waals surface area contributed by atoms with Crippen molar-refractivity contribution < 1.29 is 4.74 Å². The van der Waals surface area contributed by atoms with Gasteiger partial charge in [-0.3, -0.25) is 0 Å². The molecule has 1 fully saturated rings. The number of rotatable bonds is 12. The SMILES string of the molecule is C/C(=C\CC/C=C(\C)CC/C=C(\C)CCC1OC1(C)C)CC/C=C/C#C[Si](C)(C)C. The monoisotopic (exact) mass is 426 g/mol. The van der Waals surface area contributed by atoms with Gasteiger partial charge in [-0.1, -0.05) is 66.6 Å². The second-order valence-electron chi connectivity index (χ2n) is 10.5. The van der Waals surface area contributed by atoms with Gasteiger partial charge < -0.3 is 4.74 Å². The zero-order valence-electron chi connectivity index (χ0n) is 21.0. The van der Waals surface area contributed by atoms with Gasteiger partial charge in [0.15, 0.2) is 0 Å². The number of unbranched alkanes of at least 4 members (excludes halogenated alkanes) is 1. The average molecular weight is 427 g/mol. The number of epoxide rings is 1. The summed E-state index contributed by atoms with van der Waals surface area (Å²) in [7, 11) is -1.23. The summed E-state index contributed by atoms with van der Waals surface area (Å²) in [5.41, 5.74) is 8.01. The van der Waals surface area contributed by atoms with Gasteiger partial charge in [-0.25, -0.2) is 0 Å². The number of ether oxygens (including phenoxy) is 1. The Balaban J connectivity index is 2.15. The first-order valence-corrected chi connectivity index (χ1v) is 15.3. The van der Waals surface area contributed by atoms with Crippen molar-refractivity contribution in [3.8, 4) is 11.5 Å². The fraction of sp³-hybridized carbons (Fsp3) is 0.643. The van der Waals surface area contributed by atoms with Crippen molar-refractivity contribution in [3.63, 3.8) is 0 Å². The summed E-state index contributed by atoms with van der Waals surface area (Å²) in [6.45, 7) is 18.0. The van der Waals surface area contributed by atoms with Crippen LogP contribution in [0.15, 0.2) is 47.1 Å². The third-order valence-electron chi connectivity index (χ3n) is 5.50. The molecule has 1 aliphatic heterocycles. The second kappa shape index (κ2) is 13.2. The van der Waals surface area contributed by atoms with Crippen molar-refractivity contribution in [2.75, 3.05) is 0 Å². The minimum absolute atomic E-state index is 0.130. The second-order valence-corrected chi connectivity index (χ2v) is 15.2. The molecule has 0 spiro atoms. The molecule has 1 nitrogen and oxygen atoms in total. The van der Waals surface area contributed by atoms with E-state index in [1.165, 1.54) is 29.6 Å². The Morgan fingerprint density at radius 3 is 1.87 bits per heavy atom. The lowest BCUT2D eigenvalue weighted by Crippen LogP contribution is -2.16. The van der Waals surface area contributed by atoms with Gasteiger partial charge in [0.1, 0.15) is 8.07 Å². The molecule has 1 heterocycles. The summed E-state index contributed by atoms with van der Waals surface area (Å²) in [4.78, 5) is 0. The highest BCUT2D eigenvalue weighted by Gasteiger charge is 2.46. The van der Waals surface area contributed by atoms with Crippen LogP contribution in [0.25, 0.3) is 0 Å². The summed E-state index contributed by atoms with van der Waals surface area (Å²) in [6.07, 6.45) is 21.1. The average Bonchev–Trinajstić information content (AvgIpc) is 3.25. The van der Waals surface area contributed by atoms with Crippen molar-refractivity contribution in [3.05, 3.63) is 47.1 Å². The van der Waals surface area contributed by atoms with E-state index in [0.717, 1.165) is 38.5 Å². The topological polar surface area (TPSA) is 12.5 Å². The minimum Gasteiger partial charge on any atom is -0.367 e. The van der Waals surface area contributed by atoms with E-state index >= 15 is 0 Å². The van der Waals surface area contributed by atoms with Crippen LogP contribution >= 0.6 is 0 Å². The molecule has 0 aliphatic carbocycles. The van der Waals surface area contributed by atoms with Crippen LogP contribution in [0.1, 0.15) is 86.0 Å². The number of hydrogen-bond donors (Lipinski definition) is 0. The minimum atomic E-state index is -1.23. The summed E-state index contributed by atoms with van der Waals surface area (Å²) in [5.74, 6) is 3.20. The van der Waals surface area contributed by atoms with Crippen LogP contribution in [0.3, 0.4) is 0 Å². The van der Waals surface area contributed by atoms with Crippen molar-refractivity contribution >= 4 is 8.07 Å². The highest BCUT2D eigenvalue weighted by molar-refractivity contribution is 6.83. The van der Waals surface area contributed by atoms with Crippen LogP contribution in [-0.2, 0) is 4.74 Å². The van der Waals surface area contributed by atoms with Crippen molar-refractivity contribution in [2.24, 2.45) is 0 Å². The highest BCUT2D eigenvalue weighted by atomic mass is 28.3. The summed E-state index contributed by atoms with van der Waals surface area (Å²) in [6, 6.07) is 0. The van der Waals surface area contributed by atoms with E-state index < -0.39 is 8.07 Å². The fourth-order valence-corrected chi connectivity index (χ4v) is 3.84. The molecule has 1 rings (SSSR count). The molecule has 0 aromatic rings. The van der Waals surface area contributed by atoms with Gasteiger partial charge in [-0.05, 0) is 92.1 Å². The van der Waals surface area contributed by atoms with Gasteiger partial charge in [-0.15, -0.1) is 5.54 Å². The fourth-order valence-electron chi connectivity index (χ4n) is 3.32. The maximum Gasteiger partial charge on any atom is 0.129 e. The number of hydrogen-bond acceptors (Lipinski definition) is 1. The van der Waals surface area contributed by atoms with Crippen LogP contribution in [0.5, 0.6) is 0 Å². The van der Waals surface area contributed by atoms with Crippen LogP contribution < -0.4 is 0 Å². The molecule has 1 saturated heterocycles. The van der Waals surface area contributed by atoms with E-state index in [0.29, 0.717) is 6.10 Å². The molecule has 2 heteroatoms. The third-order valence-corrected chi connectivity index (χ3v) is 6.40. The Kier molecular flexibility index (Phi) is 11.7. The number of allylic oxidation sites excluding steroid dienone is 8. The lowest BCUT2D eigenvalue weighted by molar-refractivity contribution is 0.320. The van der Waals surface area contributed by atoms with Gasteiger partial charge in [0.05, 0.1) is 11.7 Å². The van der Waals surface area contributed by atoms with E-state index in [-0.39, 0.29) is 5.60 Å². The molecule has 30 heavy (non-hydrogen) atoms. The van der Waals surface area contributed by atoms with Gasteiger partial charge in [-0.2, -0.15) is 0 Å². The zero-order chi connectivity index (χ0) is 22.6. The Hall–Kier alpha value is -1.30. The summed E-state index contributed by atoms with van der Waals surface area (Å²) in [5, 5.41) is 0. The molecule has 0 radical (unpaired) electrons. The Morgan fingerprint density at radius 2 is 1.33 bits per heavy atom. The Morgan fingerprint density at radius 1 is 0.833 bits per heavy atom. The normalized spacial score (nSPS) is 19.7. The zero-order valence-corrected chi connectivity index (χ0v) is 22.0. The smallest absolute Gasteiger partial charge is 0.129 e. The quantitative estimate of drug-likeness (QED) is 0.100. The third kappa shape index (κ3) is 13.8. The lowest BCUT2D eigenvalue weighted by Gasteiger charge is -2.02. The molecule has 1 unspecified atom stereocenters. The first-order chi connectivity index (χ1) is 14.0. The van der Waals surface area contributed by atoms with Crippen molar-refractivity contribution in [1.29, 1.82) is 0 Å². The van der Waals surface area contributed by atoms with Gasteiger partial charge in [0.25, 0.3) is 0 Å². The first-order valence-electron chi connectivity index (χ1n) is 11.8. The molecule has 1 atom stereocenters. The predicted molar refractivity (Wildman–Crippen MR) is 137 cm³/mol.